The molecule has 1 heterocycles. The summed E-state index contributed by atoms with van der Waals surface area (Å²) in [6, 6.07) is 17.3. The van der Waals surface area contributed by atoms with E-state index in [1.54, 1.807) is 12.1 Å². The Morgan fingerprint density at radius 1 is 1.00 bits per heavy atom. The van der Waals surface area contributed by atoms with Crippen molar-refractivity contribution < 1.29 is 14.7 Å². The van der Waals surface area contributed by atoms with Gasteiger partial charge in [-0.3, -0.25) is 9.59 Å². The van der Waals surface area contributed by atoms with Crippen molar-refractivity contribution in [3.63, 3.8) is 0 Å². The fourth-order valence-electron chi connectivity index (χ4n) is 2.84. The summed E-state index contributed by atoms with van der Waals surface area (Å²) in [6.45, 7) is 0.732. The summed E-state index contributed by atoms with van der Waals surface area (Å²) >= 11 is 0. The molecule has 2 amide bonds. The lowest BCUT2D eigenvalue weighted by Gasteiger charge is -2.29. The lowest BCUT2D eigenvalue weighted by Crippen LogP contribution is -2.46. The van der Waals surface area contributed by atoms with E-state index in [0.717, 1.165) is 11.1 Å². The number of likely N-dealkylation sites (tertiary alicyclic amines) is 1. The SMILES string of the molecule is O=C(Nc1ccc(-c2ccccc2)cc1)C(=O)N1CCCC(O)C1. The van der Waals surface area contributed by atoms with Crippen molar-refractivity contribution in [2.75, 3.05) is 18.4 Å². The maximum atomic E-state index is 12.1. The second kappa shape index (κ2) is 7.27. The van der Waals surface area contributed by atoms with E-state index in [1.165, 1.54) is 4.90 Å². The molecule has 3 rings (SSSR count). The van der Waals surface area contributed by atoms with Gasteiger partial charge < -0.3 is 15.3 Å². The minimum atomic E-state index is -0.670. The molecule has 2 N–H and O–H groups in total. The molecule has 1 unspecified atom stereocenters. The molecule has 5 nitrogen and oxygen atoms in total. The molecule has 1 aliphatic heterocycles. The number of rotatable bonds is 2. The number of carbonyl (C=O) groups excluding carboxylic acids is 2. The molecule has 24 heavy (non-hydrogen) atoms. The van der Waals surface area contributed by atoms with E-state index in [4.69, 9.17) is 0 Å². The number of piperidine rings is 1. The first kappa shape index (κ1) is 16.2. The lowest BCUT2D eigenvalue weighted by molar-refractivity contribution is -0.145. The highest BCUT2D eigenvalue weighted by Crippen LogP contribution is 2.21. The van der Waals surface area contributed by atoms with Gasteiger partial charge >= 0.3 is 11.8 Å². The van der Waals surface area contributed by atoms with Gasteiger partial charge in [0.25, 0.3) is 0 Å². The van der Waals surface area contributed by atoms with Crippen molar-refractivity contribution in [1.29, 1.82) is 0 Å². The van der Waals surface area contributed by atoms with Gasteiger partial charge in [-0.15, -0.1) is 0 Å². The van der Waals surface area contributed by atoms with Gasteiger partial charge in [0.2, 0.25) is 0 Å². The monoisotopic (exact) mass is 324 g/mol. The van der Waals surface area contributed by atoms with Crippen LogP contribution in [-0.2, 0) is 9.59 Å². The van der Waals surface area contributed by atoms with E-state index in [9.17, 15) is 14.7 Å². The summed E-state index contributed by atoms with van der Waals surface area (Å²) in [4.78, 5) is 25.6. The molecule has 0 radical (unpaired) electrons. The number of hydrogen-bond acceptors (Lipinski definition) is 3. The fraction of sp³-hybridized carbons (Fsp3) is 0.263. The van der Waals surface area contributed by atoms with Crippen LogP contribution in [0.25, 0.3) is 11.1 Å². The van der Waals surface area contributed by atoms with Gasteiger partial charge in [-0.2, -0.15) is 0 Å². The zero-order valence-corrected chi connectivity index (χ0v) is 13.3. The summed E-state index contributed by atoms with van der Waals surface area (Å²) in [5.74, 6) is -1.27. The van der Waals surface area contributed by atoms with Crippen LogP contribution in [-0.4, -0.2) is 41.0 Å². The van der Waals surface area contributed by atoms with Crippen LogP contribution < -0.4 is 5.32 Å². The van der Waals surface area contributed by atoms with Crippen molar-refractivity contribution in [1.82, 2.24) is 4.90 Å². The summed E-state index contributed by atoms with van der Waals surface area (Å²) in [6.07, 6.45) is 0.846. The molecule has 1 saturated heterocycles. The Bertz CT molecular complexity index is 713. The molecule has 2 aromatic carbocycles. The molecular weight excluding hydrogens is 304 g/mol. The Morgan fingerprint density at radius 3 is 2.33 bits per heavy atom. The minimum Gasteiger partial charge on any atom is -0.391 e. The van der Waals surface area contributed by atoms with Crippen LogP contribution in [0.2, 0.25) is 0 Å². The molecule has 1 aliphatic rings. The molecule has 0 aliphatic carbocycles. The highest BCUT2D eigenvalue weighted by atomic mass is 16.3. The van der Waals surface area contributed by atoms with Crippen LogP contribution in [0.3, 0.4) is 0 Å². The van der Waals surface area contributed by atoms with Gasteiger partial charge in [-0.05, 0) is 36.1 Å². The van der Waals surface area contributed by atoms with Gasteiger partial charge in [0, 0.05) is 18.8 Å². The Morgan fingerprint density at radius 2 is 1.67 bits per heavy atom. The number of aliphatic hydroxyl groups is 1. The van der Waals surface area contributed by atoms with Gasteiger partial charge in [-0.1, -0.05) is 42.5 Å². The number of benzene rings is 2. The molecule has 0 aromatic heterocycles. The quantitative estimate of drug-likeness (QED) is 0.833. The number of anilines is 1. The Balaban J connectivity index is 1.63. The van der Waals surface area contributed by atoms with Gasteiger partial charge in [0.15, 0.2) is 0 Å². The third-order valence-corrected chi connectivity index (χ3v) is 4.13. The van der Waals surface area contributed by atoms with Crippen molar-refractivity contribution >= 4 is 17.5 Å². The number of aliphatic hydroxyl groups excluding tert-OH is 1. The predicted molar refractivity (Wildman–Crippen MR) is 92.3 cm³/mol. The molecule has 0 spiro atoms. The molecule has 5 heteroatoms. The maximum Gasteiger partial charge on any atom is 0.313 e. The largest absolute Gasteiger partial charge is 0.391 e. The molecule has 0 bridgehead atoms. The van der Waals surface area contributed by atoms with Crippen LogP contribution in [0.4, 0.5) is 5.69 Å². The van der Waals surface area contributed by atoms with Crippen molar-refractivity contribution in [2.45, 2.75) is 18.9 Å². The van der Waals surface area contributed by atoms with Gasteiger partial charge in [0.1, 0.15) is 0 Å². The number of amides is 2. The Hall–Kier alpha value is -2.66. The average Bonchev–Trinajstić information content (AvgIpc) is 2.62. The summed E-state index contributed by atoms with van der Waals surface area (Å²) < 4.78 is 0. The first-order valence-corrected chi connectivity index (χ1v) is 8.07. The topological polar surface area (TPSA) is 69.6 Å². The van der Waals surface area contributed by atoms with Gasteiger partial charge in [0.05, 0.1) is 6.10 Å². The zero-order valence-electron chi connectivity index (χ0n) is 13.3. The molecular formula is C19H20N2O3. The Labute approximate surface area is 140 Å². The standard InChI is InChI=1S/C19H20N2O3/c22-17-7-4-12-21(13-17)19(24)18(23)20-16-10-8-15(9-11-16)14-5-2-1-3-6-14/h1-3,5-6,8-11,17,22H,4,7,12-13H2,(H,20,23). The number of nitrogens with zero attached hydrogens (tertiary/aromatic N) is 1. The second-order valence-corrected chi connectivity index (χ2v) is 5.94. The number of nitrogens with one attached hydrogen (secondary N) is 1. The van der Waals surface area contributed by atoms with Crippen LogP contribution in [0.1, 0.15) is 12.8 Å². The first-order valence-electron chi connectivity index (χ1n) is 8.07. The first-order chi connectivity index (χ1) is 11.6. The average molecular weight is 324 g/mol. The third-order valence-electron chi connectivity index (χ3n) is 4.13. The van der Waals surface area contributed by atoms with Crippen molar-refractivity contribution in [3.05, 3.63) is 54.6 Å². The predicted octanol–water partition coefficient (Wildman–Crippen LogP) is 2.28. The highest BCUT2D eigenvalue weighted by molar-refractivity contribution is 6.39. The normalized spacial score (nSPS) is 17.4. The van der Waals surface area contributed by atoms with Crippen LogP contribution in [0.5, 0.6) is 0 Å². The van der Waals surface area contributed by atoms with E-state index in [0.29, 0.717) is 25.1 Å². The van der Waals surface area contributed by atoms with Crippen molar-refractivity contribution in [3.8, 4) is 11.1 Å². The zero-order chi connectivity index (χ0) is 16.9. The van der Waals surface area contributed by atoms with E-state index >= 15 is 0 Å². The molecule has 1 fully saturated rings. The number of β-amino-alcohol motifs (C(OH)–C–C–N with tert-alkyl or cyclic N) is 1. The van der Waals surface area contributed by atoms with E-state index in [1.807, 2.05) is 42.5 Å². The Kier molecular flexibility index (Phi) is 4.91. The van der Waals surface area contributed by atoms with Crippen LogP contribution in [0.15, 0.2) is 54.6 Å². The number of carbonyl (C=O) groups is 2. The minimum absolute atomic E-state index is 0.221. The lowest BCUT2D eigenvalue weighted by atomic mass is 10.1. The smallest absolute Gasteiger partial charge is 0.313 e. The summed E-state index contributed by atoms with van der Waals surface area (Å²) in [7, 11) is 0. The maximum absolute atomic E-state index is 12.1. The van der Waals surface area contributed by atoms with E-state index < -0.39 is 17.9 Å². The highest BCUT2D eigenvalue weighted by Gasteiger charge is 2.26. The molecule has 0 saturated carbocycles. The van der Waals surface area contributed by atoms with Crippen molar-refractivity contribution in [2.24, 2.45) is 0 Å². The number of hydrogen-bond donors (Lipinski definition) is 2. The third kappa shape index (κ3) is 3.81. The molecule has 2 aromatic rings. The van der Waals surface area contributed by atoms with Crippen LogP contribution >= 0.6 is 0 Å². The van der Waals surface area contributed by atoms with Crippen LogP contribution in [0, 0.1) is 0 Å². The van der Waals surface area contributed by atoms with E-state index in [2.05, 4.69) is 5.32 Å². The van der Waals surface area contributed by atoms with Gasteiger partial charge in [-0.25, -0.2) is 0 Å². The second-order valence-electron chi connectivity index (χ2n) is 5.94. The summed E-state index contributed by atoms with van der Waals surface area (Å²) in [5, 5.41) is 12.2. The van der Waals surface area contributed by atoms with E-state index in [-0.39, 0.29) is 6.54 Å². The fourth-order valence-corrected chi connectivity index (χ4v) is 2.84. The molecule has 1 atom stereocenters. The summed E-state index contributed by atoms with van der Waals surface area (Å²) in [5.41, 5.74) is 2.71. The molecule has 124 valence electrons.